The van der Waals surface area contributed by atoms with Crippen molar-refractivity contribution < 1.29 is 17.9 Å². The lowest BCUT2D eigenvalue weighted by Crippen LogP contribution is -2.39. The Bertz CT molecular complexity index is 1120. The van der Waals surface area contributed by atoms with Crippen LogP contribution in [0.5, 0.6) is 0 Å². The van der Waals surface area contributed by atoms with Gasteiger partial charge in [-0.2, -0.15) is 4.31 Å². The van der Waals surface area contributed by atoms with Gasteiger partial charge in [-0.25, -0.2) is 18.2 Å². The zero-order chi connectivity index (χ0) is 21.1. The molecule has 0 bridgehead atoms. The van der Waals surface area contributed by atoms with Crippen LogP contribution < -0.4 is 0 Å². The second-order valence-corrected chi connectivity index (χ2v) is 9.08. The van der Waals surface area contributed by atoms with Gasteiger partial charge >= 0.3 is 5.97 Å². The predicted octanol–water partition coefficient (Wildman–Crippen LogP) is 3.78. The summed E-state index contributed by atoms with van der Waals surface area (Å²) in [5.41, 5.74) is 2.17. The number of nitrogens with zero attached hydrogens (tertiary/aromatic N) is 2. The number of methoxy groups -OCH3 is 1. The number of aromatic nitrogens is 2. The Hall–Kier alpha value is -2.97. The molecule has 3 aromatic rings. The van der Waals surface area contributed by atoms with E-state index in [4.69, 9.17) is 0 Å². The van der Waals surface area contributed by atoms with E-state index < -0.39 is 16.0 Å². The molecule has 0 aliphatic carbocycles. The first-order valence-corrected chi connectivity index (χ1v) is 11.3. The van der Waals surface area contributed by atoms with E-state index in [1.807, 2.05) is 30.3 Å². The Labute approximate surface area is 175 Å². The van der Waals surface area contributed by atoms with Crippen molar-refractivity contribution in [3.05, 3.63) is 72.2 Å². The lowest BCUT2D eigenvalue weighted by atomic mass is 10.0. The number of piperidine rings is 1. The van der Waals surface area contributed by atoms with Gasteiger partial charge in [0, 0.05) is 6.54 Å². The number of sulfonamides is 1. The van der Waals surface area contributed by atoms with Gasteiger partial charge in [0.25, 0.3) is 0 Å². The van der Waals surface area contributed by atoms with Gasteiger partial charge in [-0.1, -0.05) is 36.8 Å². The number of hydrogen-bond donors (Lipinski definition) is 1. The molecule has 1 atom stereocenters. The lowest BCUT2D eigenvalue weighted by molar-refractivity contribution is 0.0600. The summed E-state index contributed by atoms with van der Waals surface area (Å²) in [6, 6.07) is 15.3. The fourth-order valence-corrected chi connectivity index (χ4v) is 5.41. The third-order valence-corrected chi connectivity index (χ3v) is 7.25. The van der Waals surface area contributed by atoms with Crippen LogP contribution in [0.1, 0.15) is 41.5 Å². The molecule has 2 heterocycles. The van der Waals surface area contributed by atoms with Gasteiger partial charge in [-0.15, -0.1) is 0 Å². The van der Waals surface area contributed by atoms with Crippen LogP contribution in [0.3, 0.4) is 0 Å². The summed E-state index contributed by atoms with van der Waals surface area (Å²) in [4.78, 5) is 19.6. The number of rotatable bonds is 5. The SMILES string of the molecule is COC(=O)c1ccc(S(=O)(=O)N2CCCCC2c2ncc(-c3ccccc3)[nH]2)cc1. The number of hydrogen-bond acceptors (Lipinski definition) is 5. The number of carbonyl (C=O) groups is 1. The van der Waals surface area contributed by atoms with Crippen LogP contribution in [0.4, 0.5) is 0 Å². The molecule has 1 saturated heterocycles. The Morgan fingerprint density at radius 1 is 1.10 bits per heavy atom. The van der Waals surface area contributed by atoms with E-state index >= 15 is 0 Å². The first kappa shape index (κ1) is 20.3. The lowest BCUT2D eigenvalue weighted by Gasteiger charge is -2.33. The fraction of sp³-hybridized carbons (Fsp3) is 0.273. The standard InChI is InChI=1S/C22H23N3O4S/c1-29-22(26)17-10-12-18(13-11-17)30(27,28)25-14-6-5-9-20(25)21-23-15-19(24-21)16-7-3-2-4-8-16/h2-4,7-8,10-13,15,20H,5-6,9,14H2,1H3,(H,23,24). The number of ether oxygens (including phenoxy) is 1. The predicted molar refractivity (Wildman–Crippen MR) is 112 cm³/mol. The van der Waals surface area contributed by atoms with Crippen LogP contribution in [-0.2, 0) is 14.8 Å². The van der Waals surface area contributed by atoms with Crippen LogP contribution >= 0.6 is 0 Å². The Morgan fingerprint density at radius 3 is 2.53 bits per heavy atom. The second-order valence-electron chi connectivity index (χ2n) is 7.19. The average Bonchev–Trinajstić information content (AvgIpc) is 3.29. The highest BCUT2D eigenvalue weighted by Gasteiger charge is 2.36. The Kier molecular flexibility index (Phi) is 5.69. The van der Waals surface area contributed by atoms with Crippen molar-refractivity contribution in [2.24, 2.45) is 0 Å². The van der Waals surface area contributed by atoms with E-state index in [-0.39, 0.29) is 10.9 Å². The minimum atomic E-state index is -3.74. The van der Waals surface area contributed by atoms with Crippen LogP contribution in [0.2, 0.25) is 0 Å². The number of carbonyl (C=O) groups excluding carboxylic acids is 1. The van der Waals surface area contributed by atoms with Gasteiger partial charge in [-0.05, 0) is 42.7 Å². The van der Waals surface area contributed by atoms with Crippen LogP contribution in [0.25, 0.3) is 11.3 Å². The molecule has 1 fully saturated rings. The zero-order valence-electron chi connectivity index (χ0n) is 16.6. The van der Waals surface area contributed by atoms with E-state index in [9.17, 15) is 13.2 Å². The Balaban J connectivity index is 1.63. The second kappa shape index (κ2) is 8.41. The van der Waals surface area contributed by atoms with Crippen molar-refractivity contribution in [2.75, 3.05) is 13.7 Å². The summed E-state index contributed by atoms with van der Waals surface area (Å²) in [5, 5.41) is 0. The molecule has 30 heavy (non-hydrogen) atoms. The quantitative estimate of drug-likeness (QED) is 0.628. The van der Waals surface area contributed by atoms with Crippen molar-refractivity contribution >= 4 is 16.0 Å². The van der Waals surface area contributed by atoms with Crippen molar-refractivity contribution in [3.63, 3.8) is 0 Å². The smallest absolute Gasteiger partial charge is 0.337 e. The van der Waals surface area contributed by atoms with Gasteiger partial charge in [0.1, 0.15) is 5.82 Å². The highest BCUT2D eigenvalue weighted by molar-refractivity contribution is 7.89. The topological polar surface area (TPSA) is 92.4 Å². The third-order valence-electron chi connectivity index (χ3n) is 5.33. The molecule has 0 amide bonds. The van der Waals surface area contributed by atoms with Crippen LogP contribution in [-0.4, -0.2) is 42.3 Å². The number of benzene rings is 2. The Morgan fingerprint density at radius 2 is 1.83 bits per heavy atom. The molecule has 4 rings (SSSR count). The van der Waals surface area contributed by atoms with Crippen molar-refractivity contribution in [2.45, 2.75) is 30.2 Å². The maximum absolute atomic E-state index is 13.4. The summed E-state index contributed by atoms with van der Waals surface area (Å²) < 4.78 is 32.9. The van der Waals surface area contributed by atoms with E-state index in [0.29, 0.717) is 24.4 Å². The van der Waals surface area contributed by atoms with E-state index in [0.717, 1.165) is 24.1 Å². The number of esters is 1. The molecule has 156 valence electrons. The number of imidazole rings is 1. The van der Waals surface area contributed by atoms with Crippen molar-refractivity contribution in [1.29, 1.82) is 0 Å². The summed E-state index contributed by atoms with van der Waals surface area (Å²) in [7, 11) is -2.45. The van der Waals surface area contributed by atoms with Crippen molar-refractivity contribution in [3.8, 4) is 11.3 Å². The molecule has 8 heteroatoms. The maximum atomic E-state index is 13.4. The minimum absolute atomic E-state index is 0.150. The average molecular weight is 426 g/mol. The monoisotopic (exact) mass is 425 g/mol. The molecular formula is C22H23N3O4S. The summed E-state index contributed by atoms with van der Waals surface area (Å²) >= 11 is 0. The molecule has 0 spiro atoms. The van der Waals surface area contributed by atoms with Gasteiger partial charge < -0.3 is 9.72 Å². The molecule has 7 nitrogen and oxygen atoms in total. The normalized spacial score (nSPS) is 17.6. The number of nitrogens with one attached hydrogen (secondary N) is 1. The van der Waals surface area contributed by atoms with Crippen molar-refractivity contribution in [1.82, 2.24) is 14.3 Å². The molecule has 1 unspecified atom stereocenters. The molecule has 1 aliphatic heterocycles. The molecule has 1 aromatic heterocycles. The zero-order valence-corrected chi connectivity index (χ0v) is 17.4. The molecule has 1 aliphatic rings. The maximum Gasteiger partial charge on any atom is 0.337 e. The summed E-state index contributed by atoms with van der Waals surface area (Å²) in [6.07, 6.45) is 4.16. The van der Waals surface area contributed by atoms with E-state index in [1.54, 1.807) is 6.20 Å². The molecule has 0 saturated carbocycles. The van der Waals surface area contributed by atoms with Gasteiger partial charge in [0.15, 0.2) is 0 Å². The van der Waals surface area contributed by atoms with E-state index in [2.05, 4.69) is 14.7 Å². The highest BCUT2D eigenvalue weighted by Crippen LogP contribution is 2.35. The third kappa shape index (κ3) is 3.88. The van der Waals surface area contributed by atoms with E-state index in [1.165, 1.54) is 35.7 Å². The molecule has 2 aromatic carbocycles. The summed E-state index contributed by atoms with van der Waals surface area (Å²) in [6.45, 7) is 0.424. The first-order valence-electron chi connectivity index (χ1n) is 9.81. The molecule has 1 N–H and O–H groups in total. The fourth-order valence-electron chi connectivity index (χ4n) is 3.75. The van der Waals surface area contributed by atoms with Crippen LogP contribution in [0, 0.1) is 0 Å². The summed E-state index contributed by atoms with van der Waals surface area (Å²) in [5.74, 6) is 0.141. The number of H-pyrrole nitrogens is 1. The van der Waals surface area contributed by atoms with Crippen LogP contribution in [0.15, 0.2) is 65.7 Å². The highest BCUT2D eigenvalue weighted by atomic mass is 32.2. The molecule has 0 radical (unpaired) electrons. The molecular weight excluding hydrogens is 402 g/mol. The largest absolute Gasteiger partial charge is 0.465 e. The first-order chi connectivity index (χ1) is 14.5. The number of aromatic amines is 1. The van der Waals surface area contributed by atoms with Gasteiger partial charge in [-0.3, -0.25) is 0 Å². The van der Waals surface area contributed by atoms with Gasteiger partial charge in [0.05, 0.1) is 35.5 Å². The van der Waals surface area contributed by atoms with Gasteiger partial charge in [0.2, 0.25) is 10.0 Å². The minimum Gasteiger partial charge on any atom is -0.465 e.